The standard InChI is InChI=1S/2C21H30NS2Si.C21H27NS2Si.2CH3.4ClH.2Ti/c3*1-12-13(2)20(25(6,7)22-21(3,4)5)19-16(12)18-17(24-19)14-10-8-9-11-15(14)23-18;;;;;;;;/h2*8-13,16,19-20H,1-7H3;8-11,20,22H,1-7H3;2*1H3;4*1H;;/q2*-1;;2*-1;;;;;2*+2/p-4. The molecule has 4 aromatic heterocycles. The van der Waals surface area contributed by atoms with E-state index >= 15 is 0 Å². The maximum atomic E-state index is 5.41. The Morgan fingerprint density at radius 1 is 0.494 bits per heavy atom. The molecule has 3 nitrogen and oxygen atoms in total. The molecule has 1 N–H and O–H groups in total. The molecule has 0 saturated heterocycles. The van der Waals surface area contributed by atoms with Crippen LogP contribution in [0, 0.1) is 38.5 Å². The second kappa shape index (κ2) is 28.1. The van der Waals surface area contributed by atoms with E-state index in [-0.39, 0.29) is 31.5 Å². The number of nitrogens with one attached hydrogen (secondary N) is 1. The van der Waals surface area contributed by atoms with Crippen LogP contribution in [0.1, 0.15) is 141 Å². The third-order valence-electron chi connectivity index (χ3n) is 17.8. The Balaban J connectivity index is 0.000000188. The maximum absolute atomic E-state index is 5.41. The molecule has 11 unspecified atom stereocenters. The minimum atomic E-state index is -1.67. The topological polar surface area (TPSA) is 40.2 Å². The summed E-state index contributed by atoms with van der Waals surface area (Å²) in [6, 6.07) is 26.9. The van der Waals surface area contributed by atoms with E-state index in [1.807, 2.05) is 11.3 Å². The summed E-state index contributed by atoms with van der Waals surface area (Å²) in [5, 5.41) is 5.90. The molecule has 2 saturated carbocycles. The van der Waals surface area contributed by atoms with Crippen molar-refractivity contribution in [1.29, 1.82) is 0 Å². The summed E-state index contributed by atoms with van der Waals surface area (Å²) in [4.78, 5) is 23.0. The average Bonchev–Trinajstić information content (AvgIpc) is 4.18. The van der Waals surface area contributed by atoms with Gasteiger partial charge >= 0.3 is 71.3 Å². The Kier molecular flexibility index (Phi) is 24.8. The molecule has 0 bridgehead atoms. The average molecular weight is 1430 g/mol. The molecule has 7 aromatic rings. The van der Waals surface area contributed by atoms with Gasteiger partial charge in [0.05, 0.1) is 9.40 Å². The summed E-state index contributed by atoms with van der Waals surface area (Å²) in [5.41, 5.74) is 7.13. The summed E-state index contributed by atoms with van der Waals surface area (Å²) < 4.78 is 7.38. The van der Waals surface area contributed by atoms with Gasteiger partial charge in [-0.2, -0.15) is 0 Å². The Labute approximate surface area is 563 Å². The zero-order valence-corrected chi connectivity index (χ0v) is 67.7. The second-order valence-corrected chi connectivity index (χ2v) is 52.7. The van der Waals surface area contributed by atoms with E-state index in [1.165, 1.54) is 45.2 Å². The predicted octanol–water partition coefficient (Wildman–Crippen LogP) is 25.8. The fourth-order valence-corrected chi connectivity index (χ4v) is 42.3. The molecule has 3 aromatic carbocycles. The Morgan fingerprint density at radius 3 is 1.23 bits per heavy atom. The van der Waals surface area contributed by atoms with E-state index in [2.05, 4.69) is 278 Å². The molecule has 456 valence electrons. The summed E-state index contributed by atoms with van der Waals surface area (Å²) >= 11 is 11.4. The molecule has 11 atom stereocenters. The number of hydrogen-bond acceptors (Lipinski definition) is 7. The second-order valence-electron chi connectivity index (χ2n) is 28.2. The number of nitrogens with zero attached hydrogens (tertiary/aromatic N) is 2. The van der Waals surface area contributed by atoms with Crippen LogP contribution in [-0.2, 0) is 34.1 Å². The number of thioether (sulfide) groups is 2. The van der Waals surface area contributed by atoms with Crippen molar-refractivity contribution in [3.8, 4) is 0 Å². The Hall–Kier alpha value is 1.06. The van der Waals surface area contributed by atoms with Crippen molar-refractivity contribution in [3.63, 3.8) is 0 Å². The number of fused-ring (bicyclic) bond motifs is 15. The molecule has 2 aliphatic heterocycles. The van der Waals surface area contributed by atoms with Gasteiger partial charge in [0, 0.05) is 93.7 Å². The molecule has 3 aliphatic carbocycles. The van der Waals surface area contributed by atoms with Crippen molar-refractivity contribution in [1.82, 2.24) is 4.98 Å². The van der Waals surface area contributed by atoms with Crippen LogP contribution in [0.25, 0.3) is 55.2 Å². The zero-order valence-electron chi connectivity index (χ0n) is 53.6. The van der Waals surface area contributed by atoms with Crippen molar-refractivity contribution in [2.45, 2.75) is 209 Å². The normalized spacial score (nSPS) is 25.3. The van der Waals surface area contributed by atoms with Crippen LogP contribution in [-0.4, -0.2) is 51.8 Å². The first kappa shape index (κ1) is 73.1. The Morgan fingerprint density at radius 2 is 0.855 bits per heavy atom. The van der Waals surface area contributed by atoms with Crippen molar-refractivity contribution >= 4 is 176 Å². The number of halogens is 4. The molecular weight excluding hydrogens is 1340 g/mol. The summed E-state index contributed by atoms with van der Waals surface area (Å²) in [6.07, 6.45) is 0. The Bertz CT molecular complexity index is 3250. The number of rotatable bonds is 6. The molecule has 2 fully saturated rings. The number of hydrogen-bond donors (Lipinski definition) is 1. The molecule has 83 heavy (non-hydrogen) atoms. The molecule has 5 aliphatic rings. The van der Waals surface area contributed by atoms with Crippen molar-refractivity contribution in [2.24, 2.45) is 23.7 Å². The number of allylic oxidation sites excluding steroid dienone is 2. The zero-order chi connectivity index (χ0) is 59.9. The first-order valence-electron chi connectivity index (χ1n) is 28.8. The molecule has 0 spiro atoms. The number of thiophene rings is 4. The van der Waals surface area contributed by atoms with Crippen LogP contribution in [0.5, 0.6) is 0 Å². The van der Waals surface area contributed by atoms with Crippen LogP contribution in [0.2, 0.25) is 50.4 Å². The van der Waals surface area contributed by atoms with E-state index < -0.39 is 58.8 Å². The van der Waals surface area contributed by atoms with Gasteiger partial charge in [-0.1, -0.05) is 185 Å². The summed E-state index contributed by atoms with van der Waals surface area (Å²) in [7, 11) is 14.6. The van der Waals surface area contributed by atoms with E-state index in [0.717, 1.165) is 57.1 Å². The van der Waals surface area contributed by atoms with Crippen LogP contribution in [0.4, 0.5) is 0 Å². The molecular formula is C65H93Cl4N3S6Si3Ti2-4. The molecule has 18 heteroatoms. The van der Waals surface area contributed by atoms with Gasteiger partial charge in [0.2, 0.25) is 0 Å². The van der Waals surface area contributed by atoms with Crippen LogP contribution in [0.3, 0.4) is 0 Å². The molecule has 0 amide bonds. The van der Waals surface area contributed by atoms with Gasteiger partial charge in [-0.15, -0.1) is 79.9 Å². The fourth-order valence-electron chi connectivity index (χ4n) is 15.7. The summed E-state index contributed by atoms with van der Waals surface area (Å²) in [6.45, 7) is 50.3. The van der Waals surface area contributed by atoms with Crippen molar-refractivity contribution < 1.29 is 34.1 Å². The molecule has 6 heterocycles. The molecule has 0 radical (unpaired) electrons. The van der Waals surface area contributed by atoms with Gasteiger partial charge in [-0.05, 0) is 93.1 Å². The third-order valence-corrected chi connectivity index (χ3v) is 38.1. The minimum absolute atomic E-state index is 0. The van der Waals surface area contributed by atoms with E-state index in [9.17, 15) is 0 Å². The number of benzene rings is 3. The van der Waals surface area contributed by atoms with Gasteiger partial charge < -0.3 is 29.8 Å². The first-order valence-corrected chi connectivity index (χ1v) is 51.6. The first-order chi connectivity index (χ1) is 37.6. The van der Waals surface area contributed by atoms with Crippen molar-refractivity contribution in [2.75, 3.05) is 0 Å². The molecule has 12 rings (SSSR count). The summed E-state index contributed by atoms with van der Waals surface area (Å²) in [5.74, 6) is 4.54. The fraction of sp³-hybridized carbons (Fsp3) is 0.538. The van der Waals surface area contributed by atoms with Gasteiger partial charge in [-0.3, -0.25) is 0 Å². The van der Waals surface area contributed by atoms with Crippen molar-refractivity contribution in [3.05, 3.63) is 123 Å². The van der Waals surface area contributed by atoms with Crippen LogP contribution in [0.15, 0.2) is 88.2 Å². The van der Waals surface area contributed by atoms with Gasteiger partial charge in [0.15, 0.2) is 0 Å². The van der Waals surface area contributed by atoms with E-state index in [0.29, 0.717) is 5.54 Å². The third kappa shape index (κ3) is 15.1. The van der Waals surface area contributed by atoms with Gasteiger partial charge in [0.25, 0.3) is 0 Å². The van der Waals surface area contributed by atoms with Crippen LogP contribution < -0.4 is 4.98 Å². The quantitative estimate of drug-likeness (QED) is 0.133. The van der Waals surface area contributed by atoms with E-state index in [4.69, 9.17) is 47.2 Å². The predicted molar refractivity (Wildman–Crippen MR) is 389 cm³/mol. The van der Waals surface area contributed by atoms with E-state index in [1.54, 1.807) is 35.6 Å². The van der Waals surface area contributed by atoms with Crippen LogP contribution >= 0.6 is 106 Å². The van der Waals surface area contributed by atoms with Gasteiger partial charge in [-0.25, -0.2) is 0 Å². The van der Waals surface area contributed by atoms with Gasteiger partial charge in [0.1, 0.15) is 8.24 Å². The monoisotopic (exact) mass is 1430 g/mol. The SMILES string of the molecule is CC1=C(C)C([Si](C)(C)NC(C)(C)C)c2sc3c(sc4ccccc43)c21.CC1C(C)C([Si](C)(C)[N-]C(C)(C)C)C2Sc3c(sc4ccccc34)C12.CC1C(C)C([Si](C)(C)[N-]C(C)(C)C)C2Sc3c(sc4ccccc34)C12.[CH3-].[CH3-].[Cl][Ti][Cl].[Cl][Ti][Cl].